The summed E-state index contributed by atoms with van der Waals surface area (Å²) in [6.45, 7) is 5.86. The van der Waals surface area contributed by atoms with Gasteiger partial charge in [0.05, 0.1) is 12.1 Å². The Morgan fingerprint density at radius 2 is 2.27 bits per heavy atom. The average molecular weight is 349 g/mol. The van der Waals surface area contributed by atoms with Gasteiger partial charge in [0, 0.05) is 29.1 Å². The Kier molecular flexibility index (Phi) is 4.41. The quantitative estimate of drug-likeness (QED) is 0.387. The predicted molar refractivity (Wildman–Crippen MR) is 101 cm³/mol. The third kappa shape index (κ3) is 2.67. The number of para-hydroxylation sites is 1. The summed E-state index contributed by atoms with van der Waals surface area (Å²) in [5, 5.41) is 16.6. The Balaban J connectivity index is 1.81. The van der Waals surface area contributed by atoms with Crippen molar-refractivity contribution in [3.05, 3.63) is 65.2 Å². The first-order chi connectivity index (χ1) is 12.7. The lowest BCUT2D eigenvalue weighted by Gasteiger charge is -2.54. The van der Waals surface area contributed by atoms with Crippen molar-refractivity contribution in [3.63, 3.8) is 0 Å². The summed E-state index contributed by atoms with van der Waals surface area (Å²) >= 11 is 0. The fourth-order valence-corrected chi connectivity index (χ4v) is 4.82. The van der Waals surface area contributed by atoms with E-state index in [9.17, 15) is 5.11 Å². The second-order valence-electron chi connectivity index (χ2n) is 7.38. The Hall–Kier alpha value is -2.40. The molecule has 0 amide bonds. The Bertz CT molecular complexity index is 872. The Morgan fingerprint density at radius 1 is 1.42 bits per heavy atom. The lowest BCUT2D eigenvalue weighted by molar-refractivity contribution is -0.103. The van der Waals surface area contributed by atoms with E-state index in [1.54, 1.807) is 6.20 Å². The van der Waals surface area contributed by atoms with Gasteiger partial charge in [0.15, 0.2) is 0 Å². The van der Waals surface area contributed by atoms with Crippen LogP contribution in [0.2, 0.25) is 0 Å². The molecule has 1 aromatic carbocycles. The zero-order valence-electron chi connectivity index (χ0n) is 14.7. The van der Waals surface area contributed by atoms with E-state index >= 15 is 0 Å². The Labute approximate surface area is 152 Å². The molecule has 4 heterocycles. The molecule has 134 valence electrons. The number of fused-ring (bicyclic) bond motifs is 4. The van der Waals surface area contributed by atoms with Gasteiger partial charge in [-0.25, -0.2) is 0 Å². The molecule has 0 aliphatic carbocycles. The highest BCUT2D eigenvalue weighted by atomic mass is 16.3. The van der Waals surface area contributed by atoms with Crippen LogP contribution in [0.5, 0.6) is 0 Å². The normalized spacial score (nSPS) is 29.7. The molecule has 5 atom stereocenters. The maximum atomic E-state index is 11.9. The lowest BCUT2D eigenvalue weighted by Crippen LogP contribution is -2.61. The fourth-order valence-electron chi connectivity index (χ4n) is 4.82. The molecule has 6 heteroatoms. The summed E-state index contributed by atoms with van der Waals surface area (Å²) in [6, 6.07) is 9.59. The van der Waals surface area contributed by atoms with Gasteiger partial charge in [-0.1, -0.05) is 29.4 Å². The van der Waals surface area contributed by atoms with E-state index in [4.69, 9.17) is 5.53 Å². The molecule has 5 rings (SSSR count). The number of benzene rings is 1. The van der Waals surface area contributed by atoms with Crippen LogP contribution in [0.1, 0.15) is 18.4 Å². The van der Waals surface area contributed by atoms with Crippen LogP contribution in [0.25, 0.3) is 21.3 Å². The molecule has 3 aliphatic heterocycles. The molecule has 3 saturated heterocycles. The van der Waals surface area contributed by atoms with Crippen LogP contribution in [0.15, 0.2) is 54.3 Å². The minimum absolute atomic E-state index is 0.0180. The van der Waals surface area contributed by atoms with Crippen molar-refractivity contribution in [2.45, 2.75) is 24.5 Å². The lowest BCUT2D eigenvalue weighted by atomic mass is 9.69. The summed E-state index contributed by atoms with van der Waals surface area (Å²) < 4.78 is 0. The van der Waals surface area contributed by atoms with Crippen molar-refractivity contribution < 1.29 is 5.11 Å². The first-order valence-corrected chi connectivity index (χ1v) is 9.11. The highest BCUT2D eigenvalue weighted by Gasteiger charge is 2.49. The maximum Gasteiger partial charge on any atom is 0.111 e. The van der Waals surface area contributed by atoms with Crippen molar-refractivity contribution >= 4 is 10.9 Å². The van der Waals surface area contributed by atoms with Gasteiger partial charge in [-0.2, -0.15) is 0 Å². The van der Waals surface area contributed by atoms with Crippen LogP contribution in [0.4, 0.5) is 0 Å². The molecular formula is C20H23N5O. The molecule has 2 bridgehead atoms. The molecule has 6 nitrogen and oxygen atoms in total. The van der Waals surface area contributed by atoms with Crippen molar-refractivity contribution in [2.24, 2.45) is 17.0 Å². The van der Waals surface area contributed by atoms with Crippen molar-refractivity contribution in [2.75, 3.05) is 19.6 Å². The van der Waals surface area contributed by atoms with E-state index < -0.39 is 5.60 Å². The number of piperidine rings is 3. The molecule has 3 aliphatic rings. The molecule has 1 N–H and O–H groups in total. The van der Waals surface area contributed by atoms with Gasteiger partial charge in [-0.15, -0.1) is 6.58 Å². The largest absolute Gasteiger partial charge is 0.383 e. The topological polar surface area (TPSA) is 85.1 Å². The first kappa shape index (κ1) is 17.0. The van der Waals surface area contributed by atoms with Gasteiger partial charge in [0.1, 0.15) is 5.60 Å². The SMILES string of the molecule is C=C[C@H]1CN2CC[C@H]1C[C@H]2[C@](O)(CN=[N+]=[N-])c1ccnc2ccccc12. The van der Waals surface area contributed by atoms with Gasteiger partial charge >= 0.3 is 0 Å². The van der Waals surface area contributed by atoms with E-state index in [1.807, 2.05) is 36.4 Å². The van der Waals surface area contributed by atoms with E-state index in [0.29, 0.717) is 11.8 Å². The van der Waals surface area contributed by atoms with Crippen LogP contribution >= 0.6 is 0 Å². The van der Waals surface area contributed by atoms with Crippen LogP contribution < -0.4 is 0 Å². The average Bonchev–Trinajstić information content (AvgIpc) is 2.71. The highest BCUT2D eigenvalue weighted by molar-refractivity contribution is 5.83. The standard InChI is InChI=1S/C20H23N5O/c1-2-14-12-25-10-8-15(14)11-19(25)20(26,13-23-24-21)17-7-9-22-18-6-4-3-5-16(17)18/h2-7,9,14-15,19,26H,1,8,10-13H2/t14-,15-,19-,20-/m0/s1. The van der Waals surface area contributed by atoms with E-state index in [-0.39, 0.29) is 12.6 Å². The number of aliphatic hydroxyl groups is 1. The maximum absolute atomic E-state index is 11.9. The summed E-state index contributed by atoms with van der Waals surface area (Å²) in [6.07, 6.45) is 5.77. The van der Waals surface area contributed by atoms with Crippen molar-refractivity contribution in [1.29, 1.82) is 0 Å². The molecule has 0 spiro atoms. The number of pyridine rings is 1. The van der Waals surface area contributed by atoms with Crippen LogP contribution in [0, 0.1) is 11.8 Å². The third-order valence-electron chi connectivity index (χ3n) is 6.15. The van der Waals surface area contributed by atoms with Crippen molar-refractivity contribution in [1.82, 2.24) is 9.88 Å². The number of hydrogen-bond acceptors (Lipinski definition) is 4. The smallest absolute Gasteiger partial charge is 0.111 e. The minimum Gasteiger partial charge on any atom is -0.383 e. The van der Waals surface area contributed by atoms with E-state index in [0.717, 1.165) is 42.4 Å². The number of hydrogen-bond donors (Lipinski definition) is 1. The molecular weight excluding hydrogens is 326 g/mol. The second-order valence-corrected chi connectivity index (χ2v) is 7.38. The molecule has 0 saturated carbocycles. The summed E-state index contributed by atoms with van der Waals surface area (Å²) in [4.78, 5) is 9.68. The third-order valence-corrected chi connectivity index (χ3v) is 6.15. The molecule has 2 aromatic rings. The molecule has 3 fully saturated rings. The van der Waals surface area contributed by atoms with Crippen LogP contribution in [-0.2, 0) is 5.60 Å². The zero-order chi connectivity index (χ0) is 18.1. The van der Waals surface area contributed by atoms with Gasteiger partial charge in [-0.3, -0.25) is 9.88 Å². The van der Waals surface area contributed by atoms with Crippen LogP contribution in [-0.4, -0.2) is 40.7 Å². The van der Waals surface area contributed by atoms with E-state index in [1.165, 1.54) is 0 Å². The molecule has 1 unspecified atom stereocenters. The summed E-state index contributed by atoms with van der Waals surface area (Å²) in [5.41, 5.74) is 9.30. The zero-order valence-corrected chi connectivity index (χ0v) is 14.7. The molecule has 0 radical (unpaired) electrons. The number of azide groups is 1. The van der Waals surface area contributed by atoms with Gasteiger partial charge < -0.3 is 5.11 Å². The summed E-state index contributed by atoms with van der Waals surface area (Å²) in [5.74, 6) is 0.992. The first-order valence-electron chi connectivity index (χ1n) is 9.11. The highest BCUT2D eigenvalue weighted by Crippen LogP contribution is 2.45. The van der Waals surface area contributed by atoms with Gasteiger partial charge in [0.2, 0.25) is 0 Å². The predicted octanol–water partition coefficient (Wildman–Crippen LogP) is 3.63. The van der Waals surface area contributed by atoms with E-state index in [2.05, 4.69) is 26.5 Å². The van der Waals surface area contributed by atoms with Crippen molar-refractivity contribution in [3.8, 4) is 0 Å². The fraction of sp³-hybridized carbons (Fsp3) is 0.450. The monoisotopic (exact) mass is 349 g/mol. The second kappa shape index (κ2) is 6.72. The molecule has 1 aromatic heterocycles. The number of rotatable bonds is 5. The summed E-state index contributed by atoms with van der Waals surface area (Å²) in [7, 11) is 0. The number of aromatic nitrogens is 1. The molecule has 26 heavy (non-hydrogen) atoms. The Morgan fingerprint density at radius 3 is 3.00 bits per heavy atom. The van der Waals surface area contributed by atoms with Crippen LogP contribution in [0.3, 0.4) is 0 Å². The van der Waals surface area contributed by atoms with Gasteiger partial charge in [-0.05, 0) is 54.4 Å². The number of nitrogens with zero attached hydrogens (tertiary/aromatic N) is 5. The minimum atomic E-state index is -1.24. The van der Waals surface area contributed by atoms with Gasteiger partial charge in [0.25, 0.3) is 0 Å².